The zero-order chi connectivity index (χ0) is 17.7. The van der Waals surface area contributed by atoms with Crippen LogP contribution >= 0.6 is 0 Å². The largest absolute Gasteiger partial charge is 0.395 e. The van der Waals surface area contributed by atoms with Crippen LogP contribution in [0, 0.1) is 0 Å². The highest BCUT2D eigenvalue weighted by molar-refractivity contribution is 6.04. The van der Waals surface area contributed by atoms with E-state index in [1.165, 1.54) is 4.68 Å². The van der Waals surface area contributed by atoms with Gasteiger partial charge in [0.15, 0.2) is 5.69 Å². The molecule has 0 aliphatic carbocycles. The second-order valence-electron chi connectivity index (χ2n) is 6.11. The van der Waals surface area contributed by atoms with Crippen LogP contribution in [0.15, 0.2) is 29.1 Å². The standard InChI is InChI=1S/C18H25N3O3/c1-4-5-10-20(11-12-22)18(24)16-14-8-6-7-9-15(14)17(23)21(19-16)13(2)3/h6-9,13,22H,4-5,10-12H2,1-3H3. The Bertz CT molecular complexity index is 768. The van der Waals surface area contributed by atoms with Gasteiger partial charge in [-0.2, -0.15) is 5.10 Å². The lowest BCUT2D eigenvalue weighted by Gasteiger charge is -2.22. The third-order valence-corrected chi connectivity index (χ3v) is 3.96. The van der Waals surface area contributed by atoms with Gasteiger partial charge in [-0.1, -0.05) is 31.5 Å². The molecule has 1 N–H and O–H groups in total. The maximum absolute atomic E-state index is 13.0. The number of aromatic nitrogens is 2. The van der Waals surface area contributed by atoms with Crippen LogP contribution in [-0.2, 0) is 0 Å². The van der Waals surface area contributed by atoms with Crippen molar-refractivity contribution in [2.24, 2.45) is 0 Å². The van der Waals surface area contributed by atoms with Crippen LogP contribution in [-0.4, -0.2) is 45.4 Å². The molecule has 1 aromatic carbocycles. The maximum atomic E-state index is 13.0. The molecule has 1 heterocycles. The van der Waals surface area contributed by atoms with E-state index < -0.39 is 0 Å². The van der Waals surface area contributed by atoms with Crippen molar-refractivity contribution >= 4 is 16.7 Å². The SMILES string of the molecule is CCCCN(CCO)C(=O)c1nn(C(C)C)c(=O)c2ccccc12. The molecule has 2 aromatic rings. The van der Waals surface area contributed by atoms with Crippen molar-refractivity contribution in [2.45, 2.75) is 39.7 Å². The lowest BCUT2D eigenvalue weighted by atomic mass is 10.1. The Hall–Kier alpha value is -2.21. The number of amides is 1. The van der Waals surface area contributed by atoms with Gasteiger partial charge < -0.3 is 10.0 Å². The molecule has 0 atom stereocenters. The number of rotatable bonds is 7. The number of aliphatic hydroxyl groups is 1. The lowest BCUT2D eigenvalue weighted by molar-refractivity contribution is 0.0712. The van der Waals surface area contributed by atoms with E-state index in [4.69, 9.17) is 0 Å². The van der Waals surface area contributed by atoms with Crippen LogP contribution < -0.4 is 5.56 Å². The van der Waals surface area contributed by atoms with Gasteiger partial charge in [-0.3, -0.25) is 9.59 Å². The Morgan fingerprint density at radius 2 is 1.92 bits per heavy atom. The summed E-state index contributed by atoms with van der Waals surface area (Å²) in [6.07, 6.45) is 1.81. The summed E-state index contributed by atoms with van der Waals surface area (Å²) in [6, 6.07) is 6.90. The molecular formula is C18H25N3O3. The predicted molar refractivity (Wildman–Crippen MR) is 94.3 cm³/mol. The summed E-state index contributed by atoms with van der Waals surface area (Å²) in [4.78, 5) is 27.1. The van der Waals surface area contributed by atoms with Crippen molar-refractivity contribution in [1.29, 1.82) is 0 Å². The smallest absolute Gasteiger partial charge is 0.275 e. The summed E-state index contributed by atoms with van der Waals surface area (Å²) in [5.41, 5.74) is 0.0721. The van der Waals surface area contributed by atoms with Gasteiger partial charge in [0, 0.05) is 18.5 Å². The molecule has 0 aliphatic heterocycles. The van der Waals surface area contributed by atoms with Crippen LogP contribution in [0.4, 0.5) is 0 Å². The highest BCUT2D eigenvalue weighted by atomic mass is 16.3. The van der Waals surface area contributed by atoms with E-state index in [0.717, 1.165) is 12.8 Å². The fourth-order valence-electron chi connectivity index (χ4n) is 2.65. The van der Waals surface area contributed by atoms with Gasteiger partial charge >= 0.3 is 0 Å². The number of nitrogens with zero attached hydrogens (tertiary/aromatic N) is 3. The van der Waals surface area contributed by atoms with Gasteiger partial charge in [-0.25, -0.2) is 4.68 Å². The van der Waals surface area contributed by atoms with E-state index in [0.29, 0.717) is 17.3 Å². The number of benzene rings is 1. The quantitative estimate of drug-likeness (QED) is 0.844. The molecule has 0 saturated heterocycles. The molecule has 0 bridgehead atoms. The molecule has 2 rings (SSSR count). The summed E-state index contributed by atoms with van der Waals surface area (Å²) < 4.78 is 1.35. The van der Waals surface area contributed by atoms with Gasteiger partial charge in [0.1, 0.15) is 0 Å². The third kappa shape index (κ3) is 3.64. The van der Waals surface area contributed by atoms with Crippen molar-refractivity contribution in [2.75, 3.05) is 19.7 Å². The van der Waals surface area contributed by atoms with E-state index in [9.17, 15) is 14.7 Å². The van der Waals surface area contributed by atoms with E-state index in [2.05, 4.69) is 5.10 Å². The molecule has 0 aliphatic rings. The average Bonchev–Trinajstić information content (AvgIpc) is 2.58. The Morgan fingerprint density at radius 1 is 1.25 bits per heavy atom. The first-order valence-corrected chi connectivity index (χ1v) is 8.43. The molecule has 0 radical (unpaired) electrons. The maximum Gasteiger partial charge on any atom is 0.275 e. The fourth-order valence-corrected chi connectivity index (χ4v) is 2.65. The number of fused-ring (bicyclic) bond motifs is 1. The van der Waals surface area contributed by atoms with E-state index in [1.54, 1.807) is 29.2 Å². The van der Waals surface area contributed by atoms with E-state index >= 15 is 0 Å². The minimum atomic E-state index is -0.247. The van der Waals surface area contributed by atoms with Crippen LogP contribution in [0.25, 0.3) is 10.8 Å². The zero-order valence-electron chi connectivity index (χ0n) is 14.5. The topological polar surface area (TPSA) is 75.4 Å². The summed E-state index contributed by atoms with van der Waals surface area (Å²) >= 11 is 0. The highest BCUT2D eigenvalue weighted by Crippen LogP contribution is 2.17. The van der Waals surface area contributed by atoms with Gasteiger partial charge in [0.25, 0.3) is 11.5 Å². The van der Waals surface area contributed by atoms with E-state index in [1.807, 2.05) is 20.8 Å². The van der Waals surface area contributed by atoms with E-state index in [-0.39, 0.29) is 36.4 Å². The number of carbonyl (C=O) groups is 1. The normalized spacial score (nSPS) is 11.2. The van der Waals surface area contributed by atoms with Crippen LogP contribution in [0.1, 0.15) is 50.1 Å². The van der Waals surface area contributed by atoms with Crippen molar-refractivity contribution in [3.8, 4) is 0 Å². The molecule has 1 amide bonds. The Labute approximate surface area is 141 Å². The predicted octanol–water partition coefficient (Wildman–Crippen LogP) is 2.21. The Balaban J connectivity index is 2.59. The minimum Gasteiger partial charge on any atom is -0.395 e. The first-order valence-electron chi connectivity index (χ1n) is 8.43. The molecule has 0 saturated carbocycles. The number of hydrogen-bond donors (Lipinski definition) is 1. The van der Waals surface area contributed by atoms with Crippen LogP contribution in [0.5, 0.6) is 0 Å². The van der Waals surface area contributed by atoms with Gasteiger partial charge in [-0.05, 0) is 26.3 Å². The van der Waals surface area contributed by atoms with Crippen LogP contribution in [0.3, 0.4) is 0 Å². The molecule has 6 nitrogen and oxygen atoms in total. The molecule has 1 aromatic heterocycles. The van der Waals surface area contributed by atoms with Gasteiger partial charge in [0.2, 0.25) is 0 Å². The van der Waals surface area contributed by atoms with Gasteiger partial charge in [0.05, 0.1) is 18.0 Å². The second kappa shape index (κ2) is 8.06. The Kier molecular flexibility index (Phi) is 6.09. The third-order valence-electron chi connectivity index (χ3n) is 3.96. The summed E-state index contributed by atoms with van der Waals surface area (Å²) in [6.45, 7) is 6.49. The number of unbranched alkanes of at least 4 members (excludes halogenated alkanes) is 1. The summed E-state index contributed by atoms with van der Waals surface area (Å²) in [5.74, 6) is -0.247. The highest BCUT2D eigenvalue weighted by Gasteiger charge is 2.22. The molecular weight excluding hydrogens is 306 g/mol. The van der Waals surface area contributed by atoms with Crippen molar-refractivity contribution < 1.29 is 9.90 Å². The molecule has 0 unspecified atom stereocenters. The molecule has 24 heavy (non-hydrogen) atoms. The number of hydrogen-bond acceptors (Lipinski definition) is 4. The summed E-state index contributed by atoms with van der Waals surface area (Å²) in [5, 5.41) is 14.7. The van der Waals surface area contributed by atoms with Crippen molar-refractivity contribution in [1.82, 2.24) is 14.7 Å². The monoisotopic (exact) mass is 331 g/mol. The minimum absolute atomic E-state index is 0.1000. The molecule has 6 heteroatoms. The summed E-state index contributed by atoms with van der Waals surface area (Å²) in [7, 11) is 0. The first kappa shape index (κ1) is 18.1. The first-order chi connectivity index (χ1) is 11.5. The average molecular weight is 331 g/mol. The van der Waals surface area contributed by atoms with Gasteiger partial charge in [-0.15, -0.1) is 0 Å². The van der Waals surface area contributed by atoms with Crippen LogP contribution in [0.2, 0.25) is 0 Å². The fraction of sp³-hybridized carbons (Fsp3) is 0.500. The Morgan fingerprint density at radius 3 is 2.50 bits per heavy atom. The zero-order valence-corrected chi connectivity index (χ0v) is 14.5. The number of carbonyl (C=O) groups excluding carboxylic acids is 1. The molecule has 0 spiro atoms. The molecule has 130 valence electrons. The van der Waals surface area contributed by atoms with Crippen molar-refractivity contribution in [3.05, 3.63) is 40.3 Å². The van der Waals surface area contributed by atoms with Crippen molar-refractivity contribution in [3.63, 3.8) is 0 Å². The molecule has 0 fully saturated rings. The lowest BCUT2D eigenvalue weighted by Crippen LogP contribution is -2.37. The second-order valence-corrected chi connectivity index (χ2v) is 6.11. The number of aliphatic hydroxyl groups excluding tert-OH is 1.